The van der Waals surface area contributed by atoms with Crippen LogP contribution in [-0.4, -0.2) is 49.2 Å². The van der Waals surface area contributed by atoms with Gasteiger partial charge in [-0.25, -0.2) is 4.79 Å². The highest BCUT2D eigenvalue weighted by molar-refractivity contribution is 14.1. The third kappa shape index (κ3) is 7.79. The van der Waals surface area contributed by atoms with E-state index in [1.807, 2.05) is 12.1 Å². The van der Waals surface area contributed by atoms with Crippen LogP contribution in [0, 0.1) is 11.8 Å². The Morgan fingerprint density at radius 3 is 2.63 bits per heavy atom. The van der Waals surface area contributed by atoms with Gasteiger partial charge in [-0.1, -0.05) is 85.0 Å². The van der Waals surface area contributed by atoms with Gasteiger partial charge >= 0.3 is 5.97 Å². The van der Waals surface area contributed by atoms with Crippen LogP contribution in [0.4, 0.5) is 0 Å². The standard InChI is InChI=1S/C34H43IO6/c1-21-16-27-11-7-13-31(36)41-33-23(3)30(40-32(24(33)4)22(2)20-35)12-6-9-25-8-5-10-26(18-25)34-37-15-14-28(39-34)19-29(17-21)38-27/h5-10,13,18,20,23-24,27-30,32-34H,1,11-12,14-17,19H2,2-4H3/b9-6+,13-7+,22-20+/t23-,24-,27-,28-,29+,30+,32-,33-,34-/m0/s1. The first-order valence-corrected chi connectivity index (χ1v) is 16.2. The van der Waals surface area contributed by atoms with Crippen molar-refractivity contribution >= 4 is 34.6 Å². The number of fused-ring (bicyclic) bond motifs is 9. The number of rotatable bonds is 1. The van der Waals surface area contributed by atoms with Gasteiger partial charge in [0.25, 0.3) is 0 Å². The van der Waals surface area contributed by atoms with Gasteiger partial charge in [-0.2, -0.15) is 0 Å². The summed E-state index contributed by atoms with van der Waals surface area (Å²) < 4.78 is 33.7. The van der Waals surface area contributed by atoms with E-state index >= 15 is 0 Å². The predicted molar refractivity (Wildman–Crippen MR) is 168 cm³/mol. The Morgan fingerprint density at radius 2 is 1.80 bits per heavy atom. The molecule has 0 radical (unpaired) electrons. The monoisotopic (exact) mass is 674 g/mol. The summed E-state index contributed by atoms with van der Waals surface area (Å²) in [6.07, 6.45) is 11.6. The van der Waals surface area contributed by atoms with Crippen molar-refractivity contribution in [3.8, 4) is 0 Å². The van der Waals surface area contributed by atoms with Gasteiger partial charge in [-0.15, -0.1) is 0 Å². The smallest absolute Gasteiger partial charge is 0.330 e. The van der Waals surface area contributed by atoms with Crippen LogP contribution in [0.25, 0.3) is 6.08 Å². The number of ether oxygens (including phenoxy) is 5. The molecule has 1 aromatic rings. The maximum absolute atomic E-state index is 13.0. The first-order chi connectivity index (χ1) is 19.8. The minimum Gasteiger partial charge on any atom is -0.458 e. The molecule has 4 heterocycles. The van der Waals surface area contributed by atoms with Crippen molar-refractivity contribution in [1.29, 1.82) is 0 Å². The topological polar surface area (TPSA) is 63.2 Å². The number of carbonyl (C=O) groups excluding carboxylic acids is 1. The second-order valence-corrected chi connectivity index (χ2v) is 12.7. The van der Waals surface area contributed by atoms with E-state index in [4.69, 9.17) is 23.7 Å². The van der Waals surface area contributed by atoms with Crippen LogP contribution >= 0.6 is 22.6 Å². The number of carbonyl (C=O) groups is 1. The van der Waals surface area contributed by atoms with Crippen molar-refractivity contribution in [3.05, 3.63) is 75.4 Å². The second kappa shape index (κ2) is 14.1. The fourth-order valence-corrected chi connectivity index (χ4v) is 6.96. The quantitative estimate of drug-likeness (QED) is 0.174. The highest BCUT2D eigenvalue weighted by Gasteiger charge is 2.43. The third-order valence-electron chi connectivity index (χ3n) is 8.78. The molecule has 7 heteroatoms. The molecular formula is C34H43IO6. The summed E-state index contributed by atoms with van der Waals surface area (Å²) >= 11 is 2.26. The van der Waals surface area contributed by atoms with Crippen LogP contribution < -0.4 is 0 Å². The number of esters is 1. The summed E-state index contributed by atoms with van der Waals surface area (Å²) in [7, 11) is 0. The lowest BCUT2D eigenvalue weighted by Crippen LogP contribution is -2.50. The lowest BCUT2D eigenvalue weighted by atomic mass is 9.79. The number of hydrogen-bond donors (Lipinski definition) is 0. The second-order valence-electron chi connectivity index (χ2n) is 12.0. The van der Waals surface area contributed by atoms with Gasteiger partial charge in [0.15, 0.2) is 6.29 Å². The van der Waals surface area contributed by atoms with E-state index in [0.29, 0.717) is 13.0 Å². The van der Waals surface area contributed by atoms with Gasteiger partial charge in [0, 0.05) is 29.9 Å². The fourth-order valence-electron chi connectivity index (χ4n) is 6.61. The van der Waals surface area contributed by atoms with E-state index in [1.165, 1.54) is 5.57 Å². The Morgan fingerprint density at radius 1 is 1.00 bits per heavy atom. The molecule has 0 unspecified atom stereocenters. The molecule has 8 bridgehead atoms. The van der Waals surface area contributed by atoms with E-state index in [1.54, 1.807) is 6.08 Å². The molecule has 5 rings (SSSR count). The first kappa shape index (κ1) is 30.7. The van der Waals surface area contributed by atoms with Crippen LogP contribution in [0.1, 0.15) is 76.7 Å². The molecule has 0 N–H and O–H groups in total. The fraction of sp³-hybridized carbons (Fsp3) is 0.559. The SMILES string of the molecule is C=C1C[C@@H]2C[C@@H]3CCO[C@@H](O3)c3cccc(c3)/C=C/C[C@H]3O[C@@H](/C(C)=C/I)[C@H](C)[C@@H](OC(=O)/C=C/C[C@@H](C1)O2)[C@H]3C. The molecule has 0 saturated carbocycles. The number of benzene rings is 1. The van der Waals surface area contributed by atoms with Gasteiger partial charge in [0.2, 0.25) is 0 Å². The Balaban J connectivity index is 1.42. The molecule has 222 valence electrons. The van der Waals surface area contributed by atoms with Crippen molar-refractivity contribution in [2.75, 3.05) is 6.61 Å². The van der Waals surface area contributed by atoms with Crippen molar-refractivity contribution in [2.45, 2.75) is 102 Å². The molecule has 0 spiro atoms. The molecule has 0 aromatic heterocycles. The summed E-state index contributed by atoms with van der Waals surface area (Å²) in [6, 6.07) is 8.34. The van der Waals surface area contributed by atoms with Crippen molar-refractivity contribution in [3.63, 3.8) is 0 Å². The van der Waals surface area contributed by atoms with Crippen molar-refractivity contribution in [1.82, 2.24) is 0 Å². The van der Waals surface area contributed by atoms with Gasteiger partial charge in [-0.3, -0.25) is 0 Å². The van der Waals surface area contributed by atoms with Gasteiger partial charge in [0.05, 0.1) is 37.1 Å². The van der Waals surface area contributed by atoms with E-state index < -0.39 is 6.29 Å². The number of halogens is 1. The molecule has 0 amide bonds. The molecule has 3 saturated heterocycles. The minimum atomic E-state index is -0.391. The maximum atomic E-state index is 13.0. The van der Waals surface area contributed by atoms with E-state index in [9.17, 15) is 4.79 Å². The summed E-state index contributed by atoms with van der Waals surface area (Å²) in [5.41, 5.74) is 4.43. The zero-order valence-corrected chi connectivity index (χ0v) is 26.5. The minimum absolute atomic E-state index is 0.0102. The lowest BCUT2D eigenvalue weighted by molar-refractivity contribution is -0.225. The van der Waals surface area contributed by atoms with E-state index in [-0.39, 0.29) is 54.4 Å². The normalized spacial score (nSPS) is 38.7. The largest absolute Gasteiger partial charge is 0.458 e. The van der Waals surface area contributed by atoms with Crippen LogP contribution in [-0.2, 0) is 28.5 Å². The average molecular weight is 675 g/mol. The molecule has 6 nitrogen and oxygen atoms in total. The zero-order chi connectivity index (χ0) is 28.9. The molecular weight excluding hydrogens is 631 g/mol. The zero-order valence-electron chi connectivity index (χ0n) is 24.4. The lowest BCUT2D eigenvalue weighted by Gasteiger charge is -2.44. The maximum Gasteiger partial charge on any atom is 0.330 e. The highest BCUT2D eigenvalue weighted by Crippen LogP contribution is 2.38. The van der Waals surface area contributed by atoms with Crippen LogP contribution in [0.15, 0.2) is 64.3 Å². The summed E-state index contributed by atoms with van der Waals surface area (Å²) in [5.74, 6) is -0.232. The van der Waals surface area contributed by atoms with E-state index in [2.05, 4.69) is 84.4 Å². The van der Waals surface area contributed by atoms with Gasteiger partial charge in [-0.05, 0) is 60.3 Å². The van der Waals surface area contributed by atoms with Gasteiger partial charge < -0.3 is 23.7 Å². The molecule has 4 aliphatic heterocycles. The summed E-state index contributed by atoms with van der Waals surface area (Å²) in [6.45, 7) is 11.3. The molecule has 3 fully saturated rings. The molecule has 4 aliphatic rings. The van der Waals surface area contributed by atoms with Crippen LogP contribution in [0.3, 0.4) is 0 Å². The van der Waals surface area contributed by atoms with Crippen LogP contribution in [0.2, 0.25) is 0 Å². The predicted octanol–water partition coefficient (Wildman–Crippen LogP) is 7.64. The molecule has 0 aliphatic carbocycles. The first-order valence-electron chi connectivity index (χ1n) is 15.0. The highest BCUT2D eigenvalue weighted by atomic mass is 127. The summed E-state index contributed by atoms with van der Waals surface area (Å²) in [4.78, 5) is 13.0. The third-order valence-corrected chi connectivity index (χ3v) is 9.76. The van der Waals surface area contributed by atoms with Gasteiger partial charge in [0.1, 0.15) is 6.10 Å². The van der Waals surface area contributed by atoms with E-state index in [0.717, 1.165) is 48.8 Å². The molecule has 1 aromatic carbocycles. The molecule has 9 atom stereocenters. The van der Waals surface area contributed by atoms with Crippen molar-refractivity contribution in [2.24, 2.45) is 11.8 Å². The van der Waals surface area contributed by atoms with Crippen molar-refractivity contribution < 1.29 is 28.5 Å². The Bertz CT molecular complexity index is 1170. The Hall–Kier alpha value is -1.78. The Kier molecular flexibility index (Phi) is 10.6. The van der Waals surface area contributed by atoms with Crippen LogP contribution in [0.5, 0.6) is 0 Å². The summed E-state index contributed by atoms with van der Waals surface area (Å²) in [5, 5.41) is 0. The Labute approximate surface area is 258 Å². The average Bonchev–Trinajstić information content (AvgIpc) is 2.95. The number of hydrogen-bond acceptors (Lipinski definition) is 6. The molecule has 41 heavy (non-hydrogen) atoms.